The van der Waals surface area contributed by atoms with E-state index < -0.39 is 0 Å². The Balaban J connectivity index is 1.88. The van der Waals surface area contributed by atoms with Gasteiger partial charge in [0, 0.05) is 33.8 Å². The molecule has 1 saturated heterocycles. The third kappa shape index (κ3) is 18.3. The van der Waals surface area contributed by atoms with Crippen molar-refractivity contribution < 1.29 is 33.3 Å². The summed E-state index contributed by atoms with van der Waals surface area (Å²) in [5.74, 6) is -0.502. The molecule has 1 aliphatic rings. The van der Waals surface area contributed by atoms with E-state index in [0.717, 1.165) is 38.5 Å². The van der Waals surface area contributed by atoms with Gasteiger partial charge in [0.2, 0.25) is 0 Å². The summed E-state index contributed by atoms with van der Waals surface area (Å²) in [5, 5.41) is 2.83. The number of rotatable bonds is 27. The molecule has 1 N–H and O–H groups in total. The molecule has 1 aliphatic heterocycles. The molecule has 0 saturated carbocycles. The quantitative estimate of drug-likeness (QED) is 0.0837. The molecule has 1 amide bonds. The van der Waals surface area contributed by atoms with E-state index in [0.29, 0.717) is 26.2 Å². The van der Waals surface area contributed by atoms with Gasteiger partial charge in [-0.15, -0.1) is 0 Å². The Hall–Kier alpha value is -1.16. The third-order valence-electron chi connectivity index (χ3n) is 7.70. The fourth-order valence-corrected chi connectivity index (χ4v) is 5.31. The second-order valence-electron chi connectivity index (χ2n) is 11.3. The Morgan fingerprint density at radius 1 is 0.775 bits per heavy atom. The van der Waals surface area contributed by atoms with Crippen LogP contribution < -0.4 is 5.32 Å². The minimum absolute atomic E-state index is 0.0243. The van der Waals surface area contributed by atoms with Gasteiger partial charge in [-0.05, 0) is 19.3 Å². The van der Waals surface area contributed by atoms with Gasteiger partial charge in [-0.2, -0.15) is 0 Å². The average Bonchev–Trinajstić information content (AvgIpc) is 3.25. The number of esters is 1. The molecular weight excluding hydrogens is 509 g/mol. The maximum atomic E-state index is 11.9. The van der Waals surface area contributed by atoms with E-state index in [1.165, 1.54) is 70.6 Å². The molecule has 1 heterocycles. The van der Waals surface area contributed by atoms with Crippen molar-refractivity contribution >= 4 is 19.7 Å². The zero-order chi connectivity index (χ0) is 29.3. The van der Waals surface area contributed by atoms with E-state index in [-0.39, 0.29) is 42.8 Å². The van der Waals surface area contributed by atoms with E-state index in [1.807, 2.05) is 7.85 Å². The van der Waals surface area contributed by atoms with E-state index in [4.69, 9.17) is 23.7 Å². The summed E-state index contributed by atoms with van der Waals surface area (Å²) < 4.78 is 27.9. The smallest absolute Gasteiger partial charge is 0.306 e. The molecule has 8 nitrogen and oxygen atoms in total. The molecule has 0 aromatic rings. The van der Waals surface area contributed by atoms with E-state index in [9.17, 15) is 9.59 Å². The Kier molecular flexibility index (Phi) is 23.5. The predicted octanol–water partition coefficient (Wildman–Crippen LogP) is 5.09. The summed E-state index contributed by atoms with van der Waals surface area (Å²) in [6.07, 6.45) is 20.5. The van der Waals surface area contributed by atoms with Crippen molar-refractivity contribution in [3.05, 3.63) is 0 Å². The number of carbonyl (C=O) groups excluding carboxylic acids is 2. The molecule has 0 spiro atoms. The minimum atomic E-state index is -0.274. The van der Waals surface area contributed by atoms with Crippen LogP contribution in [0.3, 0.4) is 0 Å². The molecule has 0 bridgehead atoms. The standard InChI is InChI=1S/C31H60BNO7/c1-4-5-6-7-8-9-10-11-12-13-14-15-18-21-28(35)39-25-27(34)33-22-19-16-17-20-23-38-30-29(37-3)26(24-36-2)40-31(30)32/h26,29-31H,4-25,32H2,1-3H3,(H,33,34)/t26-,29+,30?,31-/m1/s1. The second-order valence-corrected chi connectivity index (χ2v) is 11.3. The normalized spacial score (nSPS) is 20.6. The number of unbranched alkanes of at least 4 members (excludes halogenated alkanes) is 15. The van der Waals surface area contributed by atoms with Crippen molar-refractivity contribution in [2.24, 2.45) is 0 Å². The summed E-state index contributed by atoms with van der Waals surface area (Å²) in [4.78, 5) is 23.8. The molecule has 1 unspecified atom stereocenters. The predicted molar refractivity (Wildman–Crippen MR) is 162 cm³/mol. The lowest BCUT2D eigenvalue weighted by Gasteiger charge is -2.22. The molecule has 1 fully saturated rings. The first-order valence-corrected chi connectivity index (χ1v) is 16.2. The van der Waals surface area contributed by atoms with Crippen LogP contribution in [0.4, 0.5) is 0 Å². The van der Waals surface area contributed by atoms with Gasteiger partial charge in [-0.25, -0.2) is 0 Å². The van der Waals surface area contributed by atoms with Gasteiger partial charge in [-0.3, -0.25) is 9.59 Å². The number of nitrogens with one attached hydrogen (secondary N) is 1. The van der Waals surface area contributed by atoms with Crippen LogP contribution in [0.2, 0.25) is 0 Å². The maximum Gasteiger partial charge on any atom is 0.306 e. The van der Waals surface area contributed by atoms with Gasteiger partial charge in [0.15, 0.2) is 6.61 Å². The highest BCUT2D eigenvalue weighted by molar-refractivity contribution is 6.11. The van der Waals surface area contributed by atoms with Crippen LogP contribution in [-0.4, -0.2) is 84.6 Å². The highest BCUT2D eigenvalue weighted by atomic mass is 16.6. The number of hydrogen-bond acceptors (Lipinski definition) is 7. The second kappa shape index (κ2) is 25.5. The van der Waals surface area contributed by atoms with Crippen molar-refractivity contribution in [1.29, 1.82) is 0 Å². The first-order chi connectivity index (χ1) is 19.5. The van der Waals surface area contributed by atoms with E-state index >= 15 is 0 Å². The van der Waals surface area contributed by atoms with E-state index in [2.05, 4.69) is 12.2 Å². The minimum Gasteiger partial charge on any atom is -0.456 e. The molecule has 1 rings (SSSR count). The number of ether oxygens (including phenoxy) is 5. The maximum absolute atomic E-state index is 11.9. The summed E-state index contributed by atoms with van der Waals surface area (Å²) in [6.45, 7) is 3.81. The largest absolute Gasteiger partial charge is 0.456 e. The van der Waals surface area contributed by atoms with Crippen LogP contribution >= 0.6 is 0 Å². The molecule has 0 aromatic carbocycles. The van der Waals surface area contributed by atoms with Crippen molar-refractivity contribution in [1.82, 2.24) is 5.32 Å². The SMILES string of the molecule is B[C@@H]1O[C@H](COC)[C@H](OC)C1OCCCCCCNC(=O)COC(=O)CCCCCCCCCCCCCCC. The zero-order valence-electron chi connectivity index (χ0n) is 26.2. The molecule has 40 heavy (non-hydrogen) atoms. The van der Waals surface area contributed by atoms with Gasteiger partial charge in [0.1, 0.15) is 26.2 Å². The summed E-state index contributed by atoms with van der Waals surface area (Å²) in [6, 6.07) is -0.0243. The molecule has 0 aliphatic carbocycles. The number of methoxy groups -OCH3 is 2. The first-order valence-electron chi connectivity index (χ1n) is 16.2. The lowest BCUT2D eigenvalue weighted by atomic mass is 9.92. The molecular formula is C31H60BNO7. The fourth-order valence-electron chi connectivity index (χ4n) is 5.31. The molecule has 4 atom stereocenters. The third-order valence-corrected chi connectivity index (χ3v) is 7.70. The Morgan fingerprint density at radius 3 is 1.95 bits per heavy atom. The lowest BCUT2D eigenvalue weighted by molar-refractivity contribution is -0.148. The topological polar surface area (TPSA) is 92.3 Å². The molecule has 0 aromatic heterocycles. The highest BCUT2D eigenvalue weighted by Crippen LogP contribution is 2.25. The van der Waals surface area contributed by atoms with Crippen LogP contribution in [0, 0.1) is 0 Å². The van der Waals surface area contributed by atoms with Crippen LogP contribution in [0.15, 0.2) is 0 Å². The number of amides is 1. The fraction of sp³-hybridized carbons (Fsp3) is 0.935. The van der Waals surface area contributed by atoms with Gasteiger partial charge in [-0.1, -0.05) is 96.8 Å². The van der Waals surface area contributed by atoms with Crippen molar-refractivity contribution in [3.8, 4) is 0 Å². The van der Waals surface area contributed by atoms with Crippen molar-refractivity contribution in [3.63, 3.8) is 0 Å². The van der Waals surface area contributed by atoms with Gasteiger partial charge < -0.3 is 29.0 Å². The molecule has 9 heteroatoms. The summed E-state index contributed by atoms with van der Waals surface area (Å²) in [5.41, 5.74) is 0. The summed E-state index contributed by atoms with van der Waals surface area (Å²) in [7, 11) is 5.35. The average molecular weight is 570 g/mol. The van der Waals surface area contributed by atoms with E-state index in [1.54, 1.807) is 14.2 Å². The van der Waals surface area contributed by atoms with Crippen LogP contribution in [0.5, 0.6) is 0 Å². The first kappa shape index (κ1) is 36.9. The van der Waals surface area contributed by atoms with Crippen LogP contribution in [0.1, 0.15) is 122 Å². The zero-order valence-corrected chi connectivity index (χ0v) is 26.2. The summed E-state index contributed by atoms with van der Waals surface area (Å²) >= 11 is 0. The Morgan fingerprint density at radius 2 is 1.35 bits per heavy atom. The lowest BCUT2D eigenvalue weighted by Crippen LogP contribution is -2.38. The van der Waals surface area contributed by atoms with Crippen molar-refractivity contribution in [2.75, 3.05) is 40.6 Å². The van der Waals surface area contributed by atoms with Crippen LogP contribution in [-0.2, 0) is 33.3 Å². The monoisotopic (exact) mass is 569 g/mol. The van der Waals surface area contributed by atoms with Crippen LogP contribution in [0.25, 0.3) is 0 Å². The van der Waals surface area contributed by atoms with Gasteiger partial charge in [0.05, 0.1) is 12.6 Å². The Bertz CT molecular complexity index is 624. The highest BCUT2D eigenvalue weighted by Gasteiger charge is 2.43. The Labute approximate surface area is 245 Å². The number of carbonyl (C=O) groups is 2. The van der Waals surface area contributed by atoms with Crippen molar-refractivity contribution in [2.45, 2.75) is 147 Å². The number of hydrogen-bond donors (Lipinski definition) is 1. The van der Waals surface area contributed by atoms with Gasteiger partial charge in [0.25, 0.3) is 5.91 Å². The van der Waals surface area contributed by atoms with Gasteiger partial charge >= 0.3 is 5.97 Å². The molecule has 0 radical (unpaired) electrons. The molecule has 234 valence electrons.